The number of benzene rings is 1. The van der Waals surface area contributed by atoms with E-state index in [0.717, 1.165) is 34.6 Å². The highest BCUT2D eigenvalue weighted by molar-refractivity contribution is 7.15. The fraction of sp³-hybridized carbons (Fsp3) is 0.391. The van der Waals surface area contributed by atoms with Gasteiger partial charge in [-0.1, -0.05) is 6.07 Å². The third-order valence-electron chi connectivity index (χ3n) is 6.57. The first kappa shape index (κ1) is 19.9. The number of rotatable bonds is 5. The van der Waals surface area contributed by atoms with Crippen molar-refractivity contribution in [2.75, 3.05) is 11.9 Å². The van der Waals surface area contributed by atoms with E-state index in [9.17, 15) is 19.6 Å². The summed E-state index contributed by atoms with van der Waals surface area (Å²) in [6.07, 6.45) is 3.70. The lowest BCUT2D eigenvalue weighted by Gasteiger charge is -2.23. The summed E-state index contributed by atoms with van der Waals surface area (Å²) < 4.78 is 0. The van der Waals surface area contributed by atoms with Crippen LogP contribution in [0.25, 0.3) is 10.4 Å². The molecule has 1 aliphatic carbocycles. The van der Waals surface area contributed by atoms with E-state index in [1.807, 2.05) is 24.3 Å². The summed E-state index contributed by atoms with van der Waals surface area (Å²) in [5.41, 5.74) is 1.95. The molecule has 2 amide bonds. The summed E-state index contributed by atoms with van der Waals surface area (Å²) in [6, 6.07) is 11.2. The molecule has 3 heterocycles. The van der Waals surface area contributed by atoms with E-state index in [1.54, 1.807) is 24.5 Å². The molecule has 1 unspecified atom stereocenters. The fourth-order valence-corrected chi connectivity index (χ4v) is 5.97. The van der Waals surface area contributed by atoms with Gasteiger partial charge in [0.1, 0.15) is 6.04 Å². The molecule has 2 N–H and O–H groups in total. The topological polar surface area (TPSA) is 102 Å². The number of hydrogen-bond acceptors (Lipinski definition) is 6. The van der Waals surface area contributed by atoms with E-state index < -0.39 is 17.7 Å². The van der Waals surface area contributed by atoms with Gasteiger partial charge in [0.15, 0.2) is 0 Å². The van der Waals surface area contributed by atoms with Crippen LogP contribution in [0.2, 0.25) is 0 Å². The SMILES string of the molecule is CN1C(=O)C(=O)c2ccc(-c3ccc(C[C@@H](C#N)NC(=O)C4N[C@@H]5CC[C@H]4C5)s3)cc21. The molecule has 5 rings (SSSR count). The molecule has 4 atom stereocenters. The largest absolute Gasteiger partial charge is 0.339 e. The van der Waals surface area contributed by atoms with Crippen LogP contribution in [-0.4, -0.2) is 42.8 Å². The number of carbonyl (C=O) groups excluding carboxylic acids is 3. The first-order chi connectivity index (χ1) is 14.9. The third kappa shape index (κ3) is 3.44. The lowest BCUT2D eigenvalue weighted by molar-refractivity contribution is -0.124. The van der Waals surface area contributed by atoms with Gasteiger partial charge in [0, 0.05) is 29.3 Å². The van der Waals surface area contributed by atoms with Gasteiger partial charge < -0.3 is 15.5 Å². The Kier molecular flexibility index (Phi) is 4.88. The summed E-state index contributed by atoms with van der Waals surface area (Å²) in [6.45, 7) is 0. The van der Waals surface area contributed by atoms with Crippen molar-refractivity contribution < 1.29 is 14.4 Å². The molecule has 1 aromatic carbocycles. The van der Waals surface area contributed by atoms with Gasteiger partial charge >= 0.3 is 0 Å². The summed E-state index contributed by atoms with van der Waals surface area (Å²) in [7, 11) is 1.60. The van der Waals surface area contributed by atoms with Crippen molar-refractivity contribution in [2.45, 2.75) is 43.8 Å². The van der Waals surface area contributed by atoms with Crippen LogP contribution in [-0.2, 0) is 16.0 Å². The number of Topliss-reactive ketones (excluding diaryl/α,β-unsaturated/α-hetero) is 1. The predicted octanol–water partition coefficient (Wildman–Crippen LogP) is 2.27. The molecule has 31 heavy (non-hydrogen) atoms. The standard InChI is InChI=1S/C23H22N4O3S/c1-27-18-9-12(3-6-17(18)21(28)23(27)30)19-7-5-16(31-19)10-15(11-24)26-22(29)20-13-2-4-14(8-13)25-20/h3,5-7,9,13-15,20,25H,2,4,8,10H2,1H3,(H,26,29)/t13-,14+,15-,20?/m0/s1. The minimum atomic E-state index is -0.582. The van der Waals surface area contributed by atoms with E-state index >= 15 is 0 Å². The maximum Gasteiger partial charge on any atom is 0.299 e. The second-order valence-corrected chi connectivity index (χ2v) is 9.67. The van der Waals surface area contributed by atoms with Gasteiger partial charge in [-0.25, -0.2) is 0 Å². The monoisotopic (exact) mass is 434 g/mol. The van der Waals surface area contributed by atoms with Crippen molar-refractivity contribution in [1.82, 2.24) is 10.6 Å². The number of hydrogen-bond donors (Lipinski definition) is 2. The van der Waals surface area contributed by atoms with Crippen LogP contribution >= 0.6 is 11.3 Å². The quantitative estimate of drug-likeness (QED) is 0.703. The third-order valence-corrected chi connectivity index (χ3v) is 7.73. The van der Waals surface area contributed by atoms with Crippen LogP contribution in [0, 0.1) is 17.2 Å². The van der Waals surface area contributed by atoms with Gasteiger partial charge in [-0.2, -0.15) is 5.26 Å². The highest BCUT2D eigenvalue weighted by atomic mass is 32.1. The maximum atomic E-state index is 12.6. The molecule has 2 aromatic rings. The Bertz CT molecular complexity index is 1130. The van der Waals surface area contributed by atoms with E-state index in [4.69, 9.17) is 0 Å². The predicted molar refractivity (Wildman–Crippen MR) is 117 cm³/mol. The number of thiophene rings is 1. The number of ketones is 1. The molecule has 3 aliphatic rings. The Labute approximate surface area is 184 Å². The number of nitrogens with one attached hydrogen (secondary N) is 2. The fourth-order valence-electron chi connectivity index (χ4n) is 4.92. The molecule has 1 saturated carbocycles. The number of amides is 2. The smallest absolute Gasteiger partial charge is 0.299 e. The first-order valence-corrected chi connectivity index (χ1v) is 11.3. The van der Waals surface area contributed by atoms with E-state index in [0.29, 0.717) is 29.6 Å². The molecule has 0 radical (unpaired) electrons. The van der Waals surface area contributed by atoms with Gasteiger partial charge in [-0.15, -0.1) is 11.3 Å². The molecule has 2 fully saturated rings. The second kappa shape index (κ2) is 7.59. The van der Waals surface area contributed by atoms with Crippen LogP contribution in [0.3, 0.4) is 0 Å². The van der Waals surface area contributed by atoms with Gasteiger partial charge in [0.2, 0.25) is 5.91 Å². The molecular weight excluding hydrogens is 412 g/mol. The number of nitrogens with zero attached hydrogens (tertiary/aromatic N) is 2. The van der Waals surface area contributed by atoms with E-state index in [2.05, 4.69) is 16.7 Å². The zero-order valence-electron chi connectivity index (χ0n) is 17.1. The van der Waals surface area contributed by atoms with Crippen molar-refractivity contribution in [3.05, 3.63) is 40.8 Å². The highest BCUT2D eigenvalue weighted by Crippen LogP contribution is 2.36. The molecule has 1 aromatic heterocycles. The summed E-state index contributed by atoms with van der Waals surface area (Å²) in [4.78, 5) is 39.9. The molecule has 0 spiro atoms. The summed E-state index contributed by atoms with van der Waals surface area (Å²) in [5, 5.41) is 15.8. The average molecular weight is 435 g/mol. The van der Waals surface area contributed by atoms with Crippen LogP contribution in [0.4, 0.5) is 5.69 Å². The molecule has 158 valence electrons. The van der Waals surface area contributed by atoms with Crippen molar-refractivity contribution in [2.24, 2.45) is 5.92 Å². The number of nitriles is 1. The van der Waals surface area contributed by atoms with Crippen LogP contribution in [0.15, 0.2) is 30.3 Å². The second-order valence-electron chi connectivity index (χ2n) is 8.50. The van der Waals surface area contributed by atoms with Gasteiger partial charge in [-0.3, -0.25) is 14.4 Å². The summed E-state index contributed by atoms with van der Waals surface area (Å²) in [5.74, 6) is -0.689. The molecular formula is C23H22N4O3S. The minimum absolute atomic E-state index is 0.0773. The van der Waals surface area contributed by atoms with E-state index in [-0.39, 0.29) is 11.9 Å². The minimum Gasteiger partial charge on any atom is -0.339 e. The van der Waals surface area contributed by atoms with Crippen molar-refractivity contribution in [3.8, 4) is 16.5 Å². The lowest BCUT2D eigenvalue weighted by atomic mass is 9.99. The normalized spacial score (nSPS) is 24.9. The molecule has 2 bridgehead atoms. The van der Waals surface area contributed by atoms with E-state index in [1.165, 1.54) is 4.90 Å². The van der Waals surface area contributed by atoms with Crippen LogP contribution in [0.1, 0.15) is 34.5 Å². The average Bonchev–Trinajstić information content (AvgIpc) is 3.56. The molecule has 8 heteroatoms. The van der Waals surface area contributed by atoms with Gasteiger partial charge in [0.25, 0.3) is 11.7 Å². The van der Waals surface area contributed by atoms with Crippen molar-refractivity contribution >= 4 is 34.6 Å². The van der Waals surface area contributed by atoms with Crippen LogP contribution in [0.5, 0.6) is 0 Å². The molecule has 1 saturated heterocycles. The number of piperidine rings is 1. The summed E-state index contributed by atoms with van der Waals surface area (Å²) >= 11 is 1.54. The Balaban J connectivity index is 1.27. The highest BCUT2D eigenvalue weighted by Gasteiger charge is 2.43. The number of fused-ring (bicyclic) bond motifs is 3. The Morgan fingerprint density at radius 1 is 1.32 bits per heavy atom. The van der Waals surface area contributed by atoms with Crippen LogP contribution < -0.4 is 15.5 Å². The Morgan fingerprint density at radius 3 is 2.87 bits per heavy atom. The molecule has 7 nitrogen and oxygen atoms in total. The van der Waals surface area contributed by atoms with Crippen molar-refractivity contribution in [1.29, 1.82) is 5.26 Å². The maximum absolute atomic E-state index is 12.6. The first-order valence-electron chi connectivity index (χ1n) is 10.5. The van der Waals surface area contributed by atoms with Gasteiger partial charge in [-0.05, 0) is 55.0 Å². The Morgan fingerprint density at radius 2 is 2.16 bits per heavy atom. The Hall–Kier alpha value is -3.02. The number of anilines is 1. The van der Waals surface area contributed by atoms with Crippen molar-refractivity contribution in [3.63, 3.8) is 0 Å². The zero-order chi connectivity index (χ0) is 21.7. The number of carbonyl (C=O) groups is 3. The lowest BCUT2D eigenvalue weighted by Crippen LogP contribution is -2.50. The van der Waals surface area contributed by atoms with Gasteiger partial charge in [0.05, 0.1) is 23.4 Å². The zero-order valence-corrected chi connectivity index (χ0v) is 17.9. The molecule has 2 aliphatic heterocycles. The number of likely N-dealkylation sites (N-methyl/N-ethyl adjacent to an activating group) is 1.